The molecular formula is C16H22N4O. The lowest BCUT2D eigenvalue weighted by Gasteiger charge is -2.11. The van der Waals surface area contributed by atoms with E-state index >= 15 is 0 Å². The van der Waals surface area contributed by atoms with Crippen LogP contribution in [0, 0.1) is 0 Å². The topological polar surface area (TPSA) is 70.7 Å². The number of hydrogen-bond acceptors (Lipinski definition) is 3. The van der Waals surface area contributed by atoms with E-state index in [2.05, 4.69) is 39.6 Å². The summed E-state index contributed by atoms with van der Waals surface area (Å²) in [4.78, 5) is 16.1. The Morgan fingerprint density at radius 3 is 2.57 bits per heavy atom. The number of hydrogen-bond donors (Lipinski definition) is 2. The maximum absolute atomic E-state index is 11.9. The highest BCUT2D eigenvalue weighted by atomic mass is 16.2. The minimum absolute atomic E-state index is 0.214. The molecule has 0 saturated heterocycles. The third kappa shape index (κ3) is 4.15. The molecule has 0 spiro atoms. The molecule has 2 aromatic rings. The fourth-order valence-electron chi connectivity index (χ4n) is 2.06. The van der Waals surface area contributed by atoms with Crippen molar-refractivity contribution in [3.8, 4) is 0 Å². The Labute approximate surface area is 125 Å². The molecule has 5 nitrogen and oxygen atoms in total. The first kappa shape index (κ1) is 15.2. The van der Waals surface area contributed by atoms with Crippen molar-refractivity contribution < 1.29 is 4.79 Å². The SMILES string of the molecule is CC(C)c1nc(C(=O)NCCC(C)c2ccccc2)n[nH]1. The van der Waals surface area contributed by atoms with Gasteiger partial charge in [0.05, 0.1) is 0 Å². The van der Waals surface area contributed by atoms with Crippen molar-refractivity contribution >= 4 is 5.91 Å². The van der Waals surface area contributed by atoms with Crippen LogP contribution < -0.4 is 5.32 Å². The molecule has 2 rings (SSSR count). The van der Waals surface area contributed by atoms with E-state index in [0.717, 1.165) is 12.2 Å². The van der Waals surface area contributed by atoms with Crippen LogP contribution in [0.2, 0.25) is 0 Å². The lowest BCUT2D eigenvalue weighted by Crippen LogP contribution is -2.26. The van der Waals surface area contributed by atoms with Gasteiger partial charge in [0, 0.05) is 12.5 Å². The second-order valence-electron chi connectivity index (χ2n) is 5.56. The molecule has 1 aromatic heterocycles. The average molecular weight is 286 g/mol. The number of benzene rings is 1. The number of aromatic amines is 1. The van der Waals surface area contributed by atoms with Crippen molar-refractivity contribution in [3.63, 3.8) is 0 Å². The Bertz CT molecular complexity index is 577. The van der Waals surface area contributed by atoms with Crippen molar-refractivity contribution in [1.82, 2.24) is 20.5 Å². The van der Waals surface area contributed by atoms with Gasteiger partial charge in [-0.3, -0.25) is 9.89 Å². The molecule has 0 aliphatic heterocycles. The molecule has 1 heterocycles. The van der Waals surface area contributed by atoms with Gasteiger partial charge in [0.25, 0.3) is 5.91 Å². The quantitative estimate of drug-likeness (QED) is 0.857. The number of aromatic nitrogens is 3. The monoisotopic (exact) mass is 286 g/mol. The largest absolute Gasteiger partial charge is 0.349 e. The van der Waals surface area contributed by atoms with Gasteiger partial charge < -0.3 is 5.32 Å². The molecule has 1 aromatic carbocycles. The van der Waals surface area contributed by atoms with Crippen molar-refractivity contribution in [2.45, 2.75) is 39.0 Å². The summed E-state index contributed by atoms with van der Waals surface area (Å²) in [5, 5.41) is 9.60. The standard InChI is InChI=1S/C16H22N4O/c1-11(2)14-18-15(20-19-14)16(21)17-10-9-12(3)13-7-5-4-6-8-13/h4-8,11-12H,9-10H2,1-3H3,(H,17,21)(H,18,19,20). The van der Waals surface area contributed by atoms with Crippen LogP contribution >= 0.6 is 0 Å². The maximum Gasteiger partial charge on any atom is 0.290 e. The van der Waals surface area contributed by atoms with E-state index in [4.69, 9.17) is 0 Å². The van der Waals surface area contributed by atoms with Crippen LogP contribution in [0.4, 0.5) is 0 Å². The van der Waals surface area contributed by atoms with Crippen molar-refractivity contribution in [3.05, 3.63) is 47.5 Å². The molecule has 0 fully saturated rings. The molecule has 1 unspecified atom stereocenters. The van der Waals surface area contributed by atoms with Crippen LogP contribution in [0.5, 0.6) is 0 Å². The van der Waals surface area contributed by atoms with Crippen LogP contribution in [0.15, 0.2) is 30.3 Å². The average Bonchev–Trinajstić information content (AvgIpc) is 2.98. The zero-order valence-corrected chi connectivity index (χ0v) is 12.8. The number of nitrogens with one attached hydrogen (secondary N) is 2. The zero-order chi connectivity index (χ0) is 15.2. The summed E-state index contributed by atoms with van der Waals surface area (Å²) in [6, 6.07) is 10.3. The molecule has 1 atom stereocenters. The van der Waals surface area contributed by atoms with E-state index in [1.807, 2.05) is 32.0 Å². The molecule has 0 aliphatic carbocycles. The van der Waals surface area contributed by atoms with Crippen molar-refractivity contribution in [2.75, 3.05) is 6.54 Å². The van der Waals surface area contributed by atoms with E-state index in [1.54, 1.807) is 0 Å². The molecule has 0 saturated carbocycles. The second kappa shape index (κ2) is 7.02. The molecule has 0 aliphatic rings. The highest BCUT2D eigenvalue weighted by Gasteiger charge is 2.14. The lowest BCUT2D eigenvalue weighted by atomic mass is 9.98. The number of H-pyrrole nitrogens is 1. The predicted octanol–water partition coefficient (Wildman–Crippen LogP) is 2.85. The number of nitrogens with zero attached hydrogens (tertiary/aromatic N) is 2. The Morgan fingerprint density at radius 1 is 1.24 bits per heavy atom. The summed E-state index contributed by atoms with van der Waals surface area (Å²) >= 11 is 0. The molecule has 1 amide bonds. The first-order valence-corrected chi connectivity index (χ1v) is 7.33. The summed E-state index contributed by atoms with van der Waals surface area (Å²) in [5.41, 5.74) is 1.28. The molecule has 2 N–H and O–H groups in total. The highest BCUT2D eigenvalue weighted by Crippen LogP contribution is 2.17. The minimum Gasteiger partial charge on any atom is -0.349 e. The highest BCUT2D eigenvalue weighted by molar-refractivity contribution is 5.90. The summed E-state index contributed by atoms with van der Waals surface area (Å²) < 4.78 is 0. The van der Waals surface area contributed by atoms with Crippen molar-refractivity contribution in [2.24, 2.45) is 0 Å². The predicted molar refractivity (Wildman–Crippen MR) is 82.3 cm³/mol. The summed E-state index contributed by atoms with van der Waals surface area (Å²) in [5.74, 6) is 1.37. The molecule has 5 heteroatoms. The number of rotatable bonds is 6. The Hall–Kier alpha value is -2.17. The summed E-state index contributed by atoms with van der Waals surface area (Å²) in [6.45, 7) is 6.78. The molecular weight excluding hydrogens is 264 g/mol. The van der Waals surface area contributed by atoms with Crippen LogP contribution in [-0.2, 0) is 0 Å². The Kier molecular flexibility index (Phi) is 5.09. The van der Waals surface area contributed by atoms with Crippen LogP contribution in [0.1, 0.15) is 61.0 Å². The zero-order valence-electron chi connectivity index (χ0n) is 12.8. The molecule has 21 heavy (non-hydrogen) atoms. The number of carbonyl (C=O) groups is 1. The van der Waals surface area contributed by atoms with Crippen LogP contribution in [-0.4, -0.2) is 27.6 Å². The van der Waals surface area contributed by atoms with Gasteiger partial charge in [-0.1, -0.05) is 51.1 Å². The van der Waals surface area contributed by atoms with Gasteiger partial charge in [-0.15, -0.1) is 5.10 Å². The third-order valence-corrected chi connectivity index (χ3v) is 3.48. The lowest BCUT2D eigenvalue weighted by molar-refractivity contribution is 0.0942. The maximum atomic E-state index is 11.9. The van der Waals surface area contributed by atoms with E-state index < -0.39 is 0 Å². The van der Waals surface area contributed by atoms with E-state index in [9.17, 15) is 4.79 Å². The van der Waals surface area contributed by atoms with Gasteiger partial charge >= 0.3 is 0 Å². The molecule has 112 valence electrons. The van der Waals surface area contributed by atoms with Crippen LogP contribution in [0.25, 0.3) is 0 Å². The Balaban J connectivity index is 1.81. The van der Waals surface area contributed by atoms with Gasteiger partial charge in [0.1, 0.15) is 5.82 Å². The van der Waals surface area contributed by atoms with Gasteiger partial charge in [0.15, 0.2) is 0 Å². The smallest absolute Gasteiger partial charge is 0.290 e. The fraction of sp³-hybridized carbons (Fsp3) is 0.438. The van der Waals surface area contributed by atoms with Crippen LogP contribution in [0.3, 0.4) is 0 Å². The second-order valence-corrected chi connectivity index (χ2v) is 5.56. The fourth-order valence-corrected chi connectivity index (χ4v) is 2.06. The third-order valence-electron chi connectivity index (χ3n) is 3.48. The summed E-state index contributed by atoms with van der Waals surface area (Å²) in [7, 11) is 0. The normalized spacial score (nSPS) is 12.4. The first-order valence-electron chi connectivity index (χ1n) is 7.33. The van der Waals surface area contributed by atoms with Gasteiger partial charge in [-0.25, -0.2) is 4.98 Å². The van der Waals surface area contributed by atoms with Gasteiger partial charge in [-0.2, -0.15) is 0 Å². The number of amides is 1. The summed E-state index contributed by atoms with van der Waals surface area (Å²) in [6.07, 6.45) is 0.886. The van der Waals surface area contributed by atoms with Crippen molar-refractivity contribution in [1.29, 1.82) is 0 Å². The number of carbonyl (C=O) groups excluding carboxylic acids is 1. The van der Waals surface area contributed by atoms with E-state index in [-0.39, 0.29) is 17.6 Å². The molecule has 0 radical (unpaired) electrons. The Morgan fingerprint density at radius 2 is 1.95 bits per heavy atom. The van der Waals surface area contributed by atoms with Gasteiger partial charge in [-0.05, 0) is 17.9 Å². The minimum atomic E-state index is -0.224. The van der Waals surface area contributed by atoms with E-state index in [0.29, 0.717) is 12.5 Å². The van der Waals surface area contributed by atoms with E-state index in [1.165, 1.54) is 5.56 Å². The molecule has 0 bridgehead atoms. The van der Waals surface area contributed by atoms with Gasteiger partial charge in [0.2, 0.25) is 5.82 Å². The first-order chi connectivity index (χ1) is 10.1.